The number of carbonyl (C=O) groups is 3. The monoisotopic (exact) mass is 397 g/mol. The second-order valence-electron chi connectivity index (χ2n) is 7.45. The van der Waals surface area contributed by atoms with Crippen LogP contribution in [0.15, 0.2) is 60.7 Å². The molecule has 2 aromatic carbocycles. The van der Waals surface area contributed by atoms with Crippen LogP contribution in [0.4, 0.5) is 4.79 Å². The Hall–Kier alpha value is -3.35. The van der Waals surface area contributed by atoms with Crippen LogP contribution in [0.3, 0.4) is 0 Å². The van der Waals surface area contributed by atoms with Crippen LogP contribution in [-0.4, -0.2) is 36.6 Å². The number of carbonyl (C=O) groups excluding carboxylic acids is 3. The van der Waals surface area contributed by atoms with Crippen molar-refractivity contribution >= 4 is 17.9 Å². The summed E-state index contributed by atoms with van der Waals surface area (Å²) in [4.78, 5) is 35.8. The van der Waals surface area contributed by atoms with Gasteiger partial charge < -0.3 is 20.7 Å². The molecule has 0 aromatic heterocycles. The standard InChI is InChI=1S/C22H27N3O4/c1-22(2,3)29-21(28)24-14-18(26)23-15-19(27)25-20(16-10-6-4-7-11-16)17-12-8-5-9-13-17/h4-13,20H,14-15H2,1-3H3,(H,23,26)(H,24,28)(H,25,27). The van der Waals surface area contributed by atoms with E-state index in [4.69, 9.17) is 4.74 Å². The number of hydrogen-bond acceptors (Lipinski definition) is 4. The first-order valence-corrected chi connectivity index (χ1v) is 9.37. The lowest BCUT2D eigenvalue weighted by Crippen LogP contribution is -2.43. The van der Waals surface area contributed by atoms with Gasteiger partial charge in [0.15, 0.2) is 0 Å². The summed E-state index contributed by atoms with van der Waals surface area (Å²) in [6, 6.07) is 18.8. The van der Waals surface area contributed by atoms with Gasteiger partial charge in [-0.15, -0.1) is 0 Å². The van der Waals surface area contributed by atoms with E-state index in [1.807, 2.05) is 60.7 Å². The van der Waals surface area contributed by atoms with Crippen molar-refractivity contribution in [1.29, 1.82) is 0 Å². The van der Waals surface area contributed by atoms with E-state index in [2.05, 4.69) is 16.0 Å². The fraction of sp³-hybridized carbons (Fsp3) is 0.318. The molecule has 0 saturated heterocycles. The van der Waals surface area contributed by atoms with Crippen LogP contribution >= 0.6 is 0 Å². The van der Waals surface area contributed by atoms with Crippen molar-refractivity contribution in [3.05, 3.63) is 71.8 Å². The van der Waals surface area contributed by atoms with Gasteiger partial charge in [-0.05, 0) is 31.9 Å². The smallest absolute Gasteiger partial charge is 0.408 e. The van der Waals surface area contributed by atoms with Gasteiger partial charge in [-0.1, -0.05) is 60.7 Å². The van der Waals surface area contributed by atoms with Crippen LogP contribution in [-0.2, 0) is 14.3 Å². The number of amides is 3. The minimum atomic E-state index is -0.690. The van der Waals surface area contributed by atoms with E-state index < -0.39 is 17.6 Å². The topological polar surface area (TPSA) is 96.5 Å². The summed E-state index contributed by atoms with van der Waals surface area (Å²) in [5, 5.41) is 7.77. The summed E-state index contributed by atoms with van der Waals surface area (Å²) in [5.74, 6) is -0.824. The van der Waals surface area contributed by atoms with Crippen molar-refractivity contribution in [2.75, 3.05) is 13.1 Å². The van der Waals surface area contributed by atoms with E-state index in [-0.39, 0.29) is 25.0 Å². The zero-order valence-corrected chi connectivity index (χ0v) is 16.9. The highest BCUT2D eigenvalue weighted by molar-refractivity contribution is 5.87. The second kappa shape index (κ2) is 10.3. The highest BCUT2D eigenvalue weighted by atomic mass is 16.6. The molecule has 3 N–H and O–H groups in total. The van der Waals surface area contributed by atoms with Gasteiger partial charge in [-0.2, -0.15) is 0 Å². The normalized spacial score (nSPS) is 10.9. The van der Waals surface area contributed by atoms with Crippen LogP contribution in [0.2, 0.25) is 0 Å². The molecule has 0 bridgehead atoms. The van der Waals surface area contributed by atoms with E-state index in [0.29, 0.717) is 0 Å². The van der Waals surface area contributed by atoms with Crippen molar-refractivity contribution in [3.63, 3.8) is 0 Å². The van der Waals surface area contributed by atoms with E-state index in [1.54, 1.807) is 20.8 Å². The largest absolute Gasteiger partial charge is 0.444 e. The number of ether oxygens (including phenoxy) is 1. The molecule has 29 heavy (non-hydrogen) atoms. The van der Waals surface area contributed by atoms with Crippen molar-refractivity contribution < 1.29 is 19.1 Å². The van der Waals surface area contributed by atoms with Crippen LogP contribution < -0.4 is 16.0 Å². The van der Waals surface area contributed by atoms with Gasteiger partial charge in [0.25, 0.3) is 0 Å². The molecular weight excluding hydrogens is 370 g/mol. The van der Waals surface area contributed by atoms with Crippen LogP contribution in [0.1, 0.15) is 37.9 Å². The average molecular weight is 397 g/mol. The number of hydrogen-bond donors (Lipinski definition) is 3. The molecule has 0 aliphatic heterocycles. The Labute approximate surface area is 170 Å². The third kappa shape index (κ3) is 8.04. The van der Waals surface area contributed by atoms with Gasteiger partial charge in [-0.3, -0.25) is 9.59 Å². The van der Waals surface area contributed by atoms with Gasteiger partial charge in [0, 0.05) is 0 Å². The van der Waals surface area contributed by atoms with Gasteiger partial charge in [-0.25, -0.2) is 4.79 Å². The predicted octanol–water partition coefficient (Wildman–Crippen LogP) is 2.53. The summed E-state index contributed by atoms with van der Waals surface area (Å²) in [7, 11) is 0. The van der Waals surface area contributed by atoms with E-state index in [9.17, 15) is 14.4 Å². The van der Waals surface area contributed by atoms with E-state index in [0.717, 1.165) is 11.1 Å². The fourth-order valence-electron chi connectivity index (χ4n) is 2.57. The molecule has 0 aliphatic rings. The third-order valence-electron chi connectivity index (χ3n) is 3.81. The third-order valence-corrected chi connectivity index (χ3v) is 3.81. The molecule has 0 spiro atoms. The van der Waals surface area contributed by atoms with Gasteiger partial charge in [0.1, 0.15) is 12.1 Å². The molecule has 0 aliphatic carbocycles. The molecule has 0 radical (unpaired) electrons. The highest BCUT2D eigenvalue weighted by Gasteiger charge is 2.18. The van der Waals surface area contributed by atoms with Crippen LogP contribution in [0.5, 0.6) is 0 Å². The SMILES string of the molecule is CC(C)(C)OC(=O)NCC(=O)NCC(=O)NC(c1ccccc1)c1ccccc1. The molecule has 0 saturated carbocycles. The minimum absolute atomic E-state index is 0.203. The predicted molar refractivity (Wildman–Crippen MR) is 110 cm³/mol. The first kappa shape index (κ1) is 21.9. The molecule has 0 fully saturated rings. The summed E-state index contributed by atoms with van der Waals surface area (Å²) >= 11 is 0. The Kier molecular flexibility index (Phi) is 7.77. The molecule has 7 nitrogen and oxygen atoms in total. The maximum Gasteiger partial charge on any atom is 0.408 e. The Morgan fingerprint density at radius 2 is 1.28 bits per heavy atom. The van der Waals surface area contributed by atoms with Crippen molar-refractivity contribution in [2.24, 2.45) is 0 Å². The zero-order valence-electron chi connectivity index (χ0n) is 16.9. The van der Waals surface area contributed by atoms with Crippen LogP contribution in [0, 0.1) is 0 Å². The van der Waals surface area contributed by atoms with Crippen molar-refractivity contribution in [2.45, 2.75) is 32.4 Å². The lowest BCUT2D eigenvalue weighted by atomic mass is 9.99. The van der Waals surface area contributed by atoms with Crippen molar-refractivity contribution in [1.82, 2.24) is 16.0 Å². The maximum atomic E-state index is 12.4. The minimum Gasteiger partial charge on any atom is -0.444 e. The molecule has 154 valence electrons. The maximum absolute atomic E-state index is 12.4. The van der Waals surface area contributed by atoms with E-state index in [1.165, 1.54) is 0 Å². The molecule has 0 unspecified atom stereocenters. The zero-order chi connectivity index (χ0) is 21.3. The van der Waals surface area contributed by atoms with Crippen molar-refractivity contribution in [3.8, 4) is 0 Å². The lowest BCUT2D eigenvalue weighted by Gasteiger charge is -2.20. The van der Waals surface area contributed by atoms with Crippen LogP contribution in [0.25, 0.3) is 0 Å². The molecule has 0 heterocycles. The van der Waals surface area contributed by atoms with Gasteiger partial charge >= 0.3 is 6.09 Å². The average Bonchev–Trinajstić information content (AvgIpc) is 2.69. The first-order chi connectivity index (χ1) is 13.7. The fourth-order valence-corrected chi connectivity index (χ4v) is 2.57. The summed E-state index contributed by atoms with van der Waals surface area (Å²) in [5.41, 5.74) is 1.22. The number of rotatable bonds is 7. The summed E-state index contributed by atoms with van der Waals surface area (Å²) < 4.78 is 5.05. The first-order valence-electron chi connectivity index (χ1n) is 9.37. The number of alkyl carbamates (subject to hydrolysis) is 1. The van der Waals surface area contributed by atoms with Gasteiger partial charge in [0.05, 0.1) is 12.6 Å². The Bertz CT molecular complexity index is 777. The highest BCUT2D eigenvalue weighted by Crippen LogP contribution is 2.21. The summed E-state index contributed by atoms with van der Waals surface area (Å²) in [6.07, 6.45) is -0.690. The second-order valence-corrected chi connectivity index (χ2v) is 7.45. The molecule has 2 aromatic rings. The quantitative estimate of drug-likeness (QED) is 0.669. The number of benzene rings is 2. The Balaban J connectivity index is 1.87. The molecule has 0 atom stereocenters. The molecular formula is C22H27N3O4. The summed E-state index contributed by atoms with van der Waals surface area (Å²) in [6.45, 7) is 4.71. The lowest BCUT2D eigenvalue weighted by molar-refractivity contribution is -0.125. The number of nitrogens with one attached hydrogen (secondary N) is 3. The molecule has 7 heteroatoms. The Morgan fingerprint density at radius 1 is 0.793 bits per heavy atom. The van der Waals surface area contributed by atoms with E-state index >= 15 is 0 Å². The van der Waals surface area contributed by atoms with Gasteiger partial charge in [0.2, 0.25) is 11.8 Å². The molecule has 2 rings (SSSR count). The Morgan fingerprint density at radius 3 is 1.76 bits per heavy atom. The molecule has 3 amide bonds.